The number of hydrogen-bond donors (Lipinski definition) is 0. The van der Waals surface area contributed by atoms with Gasteiger partial charge in [0.25, 0.3) is 0 Å². The fourth-order valence-corrected chi connectivity index (χ4v) is 7.55. The number of aromatic nitrogens is 1. The van der Waals surface area contributed by atoms with Crippen molar-refractivity contribution in [2.24, 2.45) is 0 Å². The summed E-state index contributed by atoms with van der Waals surface area (Å²) in [5, 5.41) is 5.39. The van der Waals surface area contributed by atoms with E-state index in [9.17, 15) is 0 Å². The van der Waals surface area contributed by atoms with Crippen molar-refractivity contribution in [3.05, 3.63) is 103 Å². The first-order chi connectivity index (χ1) is 16.9. The summed E-state index contributed by atoms with van der Waals surface area (Å²) in [5.74, 6) is 0. The minimum Gasteiger partial charge on any atom is -0.359 e. The maximum absolute atomic E-state index is 2.58. The highest BCUT2D eigenvalue weighted by Gasteiger charge is 2.45. The number of anilines is 2. The molecule has 0 aliphatic carbocycles. The molecule has 9 rings (SSSR count). The van der Waals surface area contributed by atoms with Gasteiger partial charge in [0.05, 0.1) is 11.2 Å². The van der Waals surface area contributed by atoms with Crippen LogP contribution < -0.4 is 10.3 Å². The smallest absolute Gasteiger partial charge is 0.359 e. The highest BCUT2D eigenvalue weighted by molar-refractivity contribution is 7.26. The minimum atomic E-state index is 0.110. The SMILES string of the molecule is c1ccc2c(c1)-c1cc3c(cc1B1N2c2cccc4c5ccccc5n1c24)sc1ccccc13. The number of hydrogen-bond acceptors (Lipinski definition) is 2. The normalized spacial score (nSPS) is 13.8. The van der Waals surface area contributed by atoms with Gasteiger partial charge in [-0.2, -0.15) is 0 Å². The van der Waals surface area contributed by atoms with Crippen LogP contribution in [0.5, 0.6) is 0 Å². The van der Waals surface area contributed by atoms with Gasteiger partial charge in [-0.05, 0) is 47.4 Å². The summed E-state index contributed by atoms with van der Waals surface area (Å²) in [6.07, 6.45) is 0. The van der Waals surface area contributed by atoms with Crippen molar-refractivity contribution >= 4 is 77.1 Å². The van der Waals surface area contributed by atoms with Gasteiger partial charge in [-0.25, -0.2) is 0 Å². The number of fused-ring (bicyclic) bond motifs is 14. The van der Waals surface area contributed by atoms with E-state index in [1.54, 1.807) is 0 Å². The van der Waals surface area contributed by atoms with Gasteiger partial charge in [-0.3, -0.25) is 0 Å². The molecule has 0 fully saturated rings. The molecule has 4 heteroatoms. The topological polar surface area (TPSA) is 8.17 Å². The molecule has 0 saturated heterocycles. The molecule has 2 aromatic heterocycles. The van der Waals surface area contributed by atoms with Crippen LogP contribution in [0.15, 0.2) is 103 Å². The van der Waals surface area contributed by atoms with Crippen LogP contribution in [-0.2, 0) is 0 Å². The lowest BCUT2D eigenvalue weighted by Crippen LogP contribution is -2.51. The fraction of sp³-hybridized carbons (Fsp3) is 0. The largest absolute Gasteiger partial charge is 0.421 e. The van der Waals surface area contributed by atoms with E-state index in [-0.39, 0.29) is 6.98 Å². The van der Waals surface area contributed by atoms with Crippen LogP contribution in [0.2, 0.25) is 0 Å². The molecule has 0 unspecified atom stereocenters. The number of rotatable bonds is 0. The Labute approximate surface area is 200 Å². The van der Waals surface area contributed by atoms with E-state index in [1.165, 1.54) is 69.9 Å². The predicted octanol–water partition coefficient (Wildman–Crippen LogP) is 7.54. The van der Waals surface area contributed by atoms with Gasteiger partial charge < -0.3 is 9.29 Å². The van der Waals surface area contributed by atoms with Crippen LogP contribution in [-0.4, -0.2) is 11.5 Å². The van der Waals surface area contributed by atoms with Crippen LogP contribution in [0, 0.1) is 0 Å². The summed E-state index contributed by atoms with van der Waals surface area (Å²) < 4.78 is 5.30. The molecule has 2 nitrogen and oxygen atoms in total. The van der Waals surface area contributed by atoms with E-state index in [0.717, 1.165) is 0 Å². The van der Waals surface area contributed by atoms with Crippen molar-refractivity contribution < 1.29 is 0 Å². The summed E-state index contributed by atoms with van der Waals surface area (Å²) in [5.41, 5.74) is 9.29. The Morgan fingerprint density at radius 2 is 1.32 bits per heavy atom. The van der Waals surface area contributed by atoms with Gasteiger partial charge in [0.15, 0.2) is 0 Å². The molecule has 0 amide bonds. The van der Waals surface area contributed by atoms with E-state index < -0.39 is 0 Å². The van der Waals surface area contributed by atoms with Crippen molar-refractivity contribution in [2.75, 3.05) is 4.81 Å². The summed E-state index contributed by atoms with van der Waals surface area (Å²) in [6, 6.07) is 38.3. The van der Waals surface area contributed by atoms with Crippen LogP contribution in [0.1, 0.15) is 0 Å². The lowest BCUT2D eigenvalue weighted by molar-refractivity contribution is 1.31. The van der Waals surface area contributed by atoms with Crippen molar-refractivity contribution in [1.82, 2.24) is 4.48 Å². The maximum Gasteiger partial charge on any atom is 0.421 e. The van der Waals surface area contributed by atoms with Crippen molar-refractivity contribution in [3.63, 3.8) is 0 Å². The molecule has 4 heterocycles. The first-order valence-electron chi connectivity index (χ1n) is 11.7. The lowest BCUT2D eigenvalue weighted by Gasteiger charge is -2.34. The number of nitrogens with zero attached hydrogens (tertiary/aromatic N) is 2. The van der Waals surface area contributed by atoms with Crippen LogP contribution in [0.25, 0.3) is 53.1 Å². The molecule has 0 radical (unpaired) electrons. The number of thiophene rings is 1. The standard InChI is InChI=1S/C30H17BN2S/c1-5-13-26-18(8-1)21-11-7-14-27-30(21)33(26)31-24-17-29-23(20-10-3-6-15-28(20)34-29)16-22(24)19-9-2-4-12-25(19)32(27)31/h1-17H. The number of benzene rings is 5. The molecular formula is C30H17BN2S. The predicted molar refractivity (Wildman–Crippen MR) is 147 cm³/mol. The zero-order valence-electron chi connectivity index (χ0n) is 18.2. The molecule has 0 spiro atoms. The Morgan fingerprint density at radius 1 is 0.559 bits per heavy atom. The Bertz CT molecular complexity index is 2000. The highest BCUT2D eigenvalue weighted by atomic mass is 32.1. The average Bonchev–Trinajstić information content (AvgIpc) is 3.54. The van der Waals surface area contributed by atoms with Crippen molar-refractivity contribution in [2.45, 2.75) is 0 Å². The molecule has 34 heavy (non-hydrogen) atoms. The second-order valence-electron chi connectivity index (χ2n) is 9.36. The van der Waals surface area contributed by atoms with Gasteiger partial charge in [-0.15, -0.1) is 11.3 Å². The quantitative estimate of drug-likeness (QED) is 0.218. The molecule has 7 aromatic rings. The average molecular weight is 448 g/mol. The maximum atomic E-state index is 2.58. The van der Waals surface area contributed by atoms with Gasteiger partial charge in [-0.1, -0.05) is 66.7 Å². The zero-order chi connectivity index (χ0) is 22.0. The summed E-state index contributed by atoms with van der Waals surface area (Å²) in [4.78, 5) is 2.56. The molecular weight excluding hydrogens is 431 g/mol. The van der Waals surface area contributed by atoms with Gasteiger partial charge in [0.1, 0.15) is 0 Å². The summed E-state index contributed by atoms with van der Waals surface area (Å²) in [6.45, 7) is 0.110. The van der Waals surface area contributed by atoms with Crippen LogP contribution >= 0.6 is 11.3 Å². The highest BCUT2D eigenvalue weighted by Crippen LogP contribution is 2.49. The van der Waals surface area contributed by atoms with Crippen molar-refractivity contribution in [3.8, 4) is 11.1 Å². The third-order valence-corrected chi connectivity index (χ3v) is 8.87. The molecule has 2 aliphatic rings. The summed E-state index contributed by atoms with van der Waals surface area (Å²) in [7, 11) is 0. The van der Waals surface area contributed by atoms with Gasteiger partial charge >= 0.3 is 6.98 Å². The van der Waals surface area contributed by atoms with Gasteiger partial charge in [0.2, 0.25) is 0 Å². The fourth-order valence-electron chi connectivity index (χ4n) is 6.41. The molecule has 5 aromatic carbocycles. The van der Waals surface area contributed by atoms with E-state index in [4.69, 9.17) is 0 Å². The molecule has 156 valence electrons. The lowest BCUT2D eigenvalue weighted by atomic mass is 9.60. The van der Waals surface area contributed by atoms with E-state index in [2.05, 4.69) is 112 Å². The Kier molecular flexibility index (Phi) is 3.03. The second kappa shape index (κ2) is 5.91. The first-order valence-corrected chi connectivity index (χ1v) is 12.6. The van der Waals surface area contributed by atoms with Crippen molar-refractivity contribution in [1.29, 1.82) is 0 Å². The van der Waals surface area contributed by atoms with Crippen LogP contribution in [0.3, 0.4) is 0 Å². The third kappa shape index (κ3) is 1.92. The third-order valence-electron chi connectivity index (χ3n) is 7.74. The monoisotopic (exact) mass is 448 g/mol. The zero-order valence-corrected chi connectivity index (χ0v) is 19.0. The molecule has 2 aliphatic heterocycles. The van der Waals surface area contributed by atoms with E-state index in [1.807, 2.05) is 11.3 Å². The first kappa shape index (κ1) is 17.5. The van der Waals surface area contributed by atoms with Gasteiger partial charge in [0, 0.05) is 47.7 Å². The molecule has 0 saturated carbocycles. The minimum absolute atomic E-state index is 0.110. The van der Waals surface area contributed by atoms with E-state index in [0.29, 0.717) is 0 Å². The second-order valence-corrected chi connectivity index (χ2v) is 10.4. The molecule has 0 bridgehead atoms. The Morgan fingerprint density at radius 3 is 2.29 bits per heavy atom. The summed E-state index contributed by atoms with van der Waals surface area (Å²) >= 11 is 1.90. The van der Waals surface area contributed by atoms with E-state index >= 15 is 0 Å². The molecule has 0 atom stereocenters. The molecule has 0 N–H and O–H groups in total. The number of para-hydroxylation sites is 3. The Hall–Kier alpha value is -4.02. The van der Waals surface area contributed by atoms with Crippen LogP contribution in [0.4, 0.5) is 11.4 Å². The Balaban J connectivity index is 1.48.